The first kappa shape index (κ1) is 26.4. The number of nitrogens with one attached hydrogen (secondary N) is 2. The number of likely N-dealkylation sites (N-methyl/N-ethyl adjacent to an activating group) is 1. The van der Waals surface area contributed by atoms with Crippen LogP contribution in [0, 0.1) is 31.0 Å². The molecule has 0 saturated heterocycles. The Morgan fingerprint density at radius 1 is 1.08 bits per heavy atom. The number of fused-ring (bicyclic) bond motifs is 1. The summed E-state index contributed by atoms with van der Waals surface area (Å²) in [5.41, 5.74) is 3.88. The Kier molecular flexibility index (Phi) is 7.79. The molecule has 0 aliphatic carbocycles. The van der Waals surface area contributed by atoms with Crippen LogP contribution in [0.25, 0.3) is 10.9 Å². The molecule has 0 aliphatic rings. The lowest BCUT2D eigenvalue weighted by molar-refractivity contribution is 0.0946. The van der Waals surface area contributed by atoms with Crippen LogP contribution in [-0.2, 0) is 6.54 Å². The maximum Gasteiger partial charge on any atom is 0.269 e. The second-order valence-electron chi connectivity index (χ2n) is 9.24. The van der Waals surface area contributed by atoms with Gasteiger partial charge in [-0.05, 0) is 63.8 Å². The summed E-state index contributed by atoms with van der Waals surface area (Å²) >= 11 is 0. The predicted molar refractivity (Wildman–Crippen MR) is 143 cm³/mol. The number of amides is 2. The first-order valence-corrected chi connectivity index (χ1v) is 12.0. The Morgan fingerprint density at radius 2 is 1.82 bits per heavy atom. The average molecular weight is 514 g/mol. The molecule has 0 unspecified atom stereocenters. The van der Waals surface area contributed by atoms with Crippen LogP contribution >= 0.6 is 0 Å². The van der Waals surface area contributed by atoms with Gasteiger partial charge in [0.15, 0.2) is 0 Å². The summed E-state index contributed by atoms with van der Waals surface area (Å²) in [7, 11) is 3.78. The number of aryl methyl sites for hydroxylation is 1. The number of benzene rings is 2. The van der Waals surface area contributed by atoms with E-state index in [2.05, 4.69) is 26.8 Å². The van der Waals surface area contributed by atoms with Crippen molar-refractivity contribution < 1.29 is 14.0 Å². The summed E-state index contributed by atoms with van der Waals surface area (Å²) in [4.78, 5) is 32.5. The van der Waals surface area contributed by atoms with E-state index in [-0.39, 0.29) is 16.8 Å². The van der Waals surface area contributed by atoms with Gasteiger partial charge in [-0.3, -0.25) is 14.3 Å². The molecule has 2 N–H and O–H groups in total. The van der Waals surface area contributed by atoms with E-state index in [4.69, 9.17) is 5.26 Å². The monoisotopic (exact) mass is 513 g/mol. The molecule has 2 aromatic carbocycles. The minimum atomic E-state index is -0.516. The van der Waals surface area contributed by atoms with Crippen molar-refractivity contribution in [2.45, 2.75) is 20.4 Å². The molecule has 0 saturated carbocycles. The van der Waals surface area contributed by atoms with Gasteiger partial charge in [0.05, 0.1) is 46.3 Å². The maximum absolute atomic E-state index is 14.0. The number of anilines is 1. The van der Waals surface area contributed by atoms with Gasteiger partial charge in [0.2, 0.25) is 0 Å². The van der Waals surface area contributed by atoms with Gasteiger partial charge in [0.25, 0.3) is 11.8 Å². The third kappa shape index (κ3) is 5.85. The molecule has 0 radical (unpaired) electrons. The molecule has 0 aliphatic heterocycles. The molecule has 0 bridgehead atoms. The largest absolute Gasteiger partial charge is 0.349 e. The number of nitrogens with zero attached hydrogens (tertiary/aromatic N) is 5. The van der Waals surface area contributed by atoms with Gasteiger partial charge in [-0.1, -0.05) is 12.1 Å². The summed E-state index contributed by atoms with van der Waals surface area (Å²) < 4.78 is 15.8. The molecule has 9 nitrogen and oxygen atoms in total. The smallest absolute Gasteiger partial charge is 0.269 e. The van der Waals surface area contributed by atoms with Crippen molar-refractivity contribution in [2.75, 3.05) is 32.5 Å². The summed E-state index contributed by atoms with van der Waals surface area (Å²) in [6.07, 6.45) is 0. The quantitative estimate of drug-likeness (QED) is 0.372. The molecule has 10 heteroatoms. The Balaban J connectivity index is 1.63. The zero-order valence-corrected chi connectivity index (χ0v) is 21.7. The van der Waals surface area contributed by atoms with E-state index in [0.29, 0.717) is 42.0 Å². The zero-order chi connectivity index (χ0) is 27.4. The van der Waals surface area contributed by atoms with Crippen LogP contribution in [-0.4, -0.2) is 58.7 Å². The lowest BCUT2D eigenvalue weighted by atomic mass is 10.1. The van der Waals surface area contributed by atoms with Crippen LogP contribution in [0.1, 0.15) is 43.4 Å². The number of rotatable bonds is 8. The molecule has 0 fully saturated rings. The Hall–Kier alpha value is -4.62. The highest BCUT2D eigenvalue weighted by Crippen LogP contribution is 2.25. The second-order valence-corrected chi connectivity index (χ2v) is 9.24. The number of aromatic nitrogens is 3. The first-order chi connectivity index (χ1) is 18.2. The topological polar surface area (TPSA) is 116 Å². The van der Waals surface area contributed by atoms with Gasteiger partial charge in [-0.15, -0.1) is 0 Å². The lowest BCUT2D eigenvalue weighted by Crippen LogP contribution is -2.32. The molecule has 2 aromatic heterocycles. The zero-order valence-electron chi connectivity index (χ0n) is 21.7. The van der Waals surface area contributed by atoms with Crippen molar-refractivity contribution in [3.63, 3.8) is 0 Å². The van der Waals surface area contributed by atoms with E-state index in [1.165, 1.54) is 24.3 Å². The van der Waals surface area contributed by atoms with Gasteiger partial charge < -0.3 is 15.5 Å². The van der Waals surface area contributed by atoms with Gasteiger partial charge in [-0.25, -0.2) is 9.37 Å². The maximum atomic E-state index is 14.0. The molecule has 2 amide bonds. The van der Waals surface area contributed by atoms with Crippen molar-refractivity contribution in [3.8, 4) is 6.07 Å². The van der Waals surface area contributed by atoms with Crippen LogP contribution < -0.4 is 10.6 Å². The van der Waals surface area contributed by atoms with Crippen molar-refractivity contribution >= 4 is 28.4 Å². The van der Waals surface area contributed by atoms with E-state index in [9.17, 15) is 14.0 Å². The fourth-order valence-electron chi connectivity index (χ4n) is 4.06. The van der Waals surface area contributed by atoms with Crippen molar-refractivity contribution in [3.05, 3.63) is 88.1 Å². The number of halogens is 1. The van der Waals surface area contributed by atoms with E-state index in [1.807, 2.05) is 38.1 Å². The number of pyridine rings is 1. The second kappa shape index (κ2) is 11.2. The number of hydrogen-bond donors (Lipinski definition) is 2. The van der Waals surface area contributed by atoms with Crippen molar-refractivity contribution in [2.24, 2.45) is 0 Å². The van der Waals surface area contributed by atoms with Gasteiger partial charge in [0.1, 0.15) is 11.5 Å². The van der Waals surface area contributed by atoms with Crippen LogP contribution in [0.4, 0.5) is 10.1 Å². The molecular formula is C28H28FN7O2. The van der Waals surface area contributed by atoms with E-state index in [1.54, 1.807) is 23.7 Å². The molecule has 0 spiro atoms. The van der Waals surface area contributed by atoms with Gasteiger partial charge in [-0.2, -0.15) is 10.4 Å². The molecule has 4 aromatic rings. The fourth-order valence-corrected chi connectivity index (χ4v) is 4.06. The van der Waals surface area contributed by atoms with E-state index in [0.717, 1.165) is 11.3 Å². The number of nitriles is 1. The predicted octanol–water partition coefficient (Wildman–Crippen LogP) is 3.65. The van der Waals surface area contributed by atoms with Gasteiger partial charge >= 0.3 is 0 Å². The third-order valence-electron chi connectivity index (χ3n) is 6.13. The molecular weight excluding hydrogens is 485 g/mol. The minimum absolute atomic E-state index is 0.0250. The molecule has 38 heavy (non-hydrogen) atoms. The molecule has 194 valence electrons. The first-order valence-electron chi connectivity index (χ1n) is 12.0. The normalized spacial score (nSPS) is 11.0. The van der Waals surface area contributed by atoms with E-state index >= 15 is 0 Å². The molecule has 4 rings (SSSR count). The SMILES string of the molecule is Cc1nn(Cc2ccc(C#N)cc2)c(C)c1NC(=O)c1cc(C(=O)NCCN(C)C)nc2cc(F)ccc12. The van der Waals surface area contributed by atoms with Crippen LogP contribution in [0.2, 0.25) is 0 Å². The number of carbonyl (C=O) groups excluding carboxylic acids is 2. The number of carbonyl (C=O) groups is 2. The average Bonchev–Trinajstić information content (AvgIpc) is 3.15. The standard InChI is InChI=1S/C28H28FN7O2/c1-17-26(18(2)36(34-17)16-20-7-5-19(15-30)6-8-20)33-27(37)23-14-25(28(38)31-11-12-35(3)4)32-24-13-21(29)9-10-22(23)24/h5-10,13-14H,11-12,16H2,1-4H3,(H,31,38)(H,33,37). The van der Waals surface area contributed by atoms with Crippen LogP contribution in [0.15, 0.2) is 48.5 Å². The summed E-state index contributed by atoms with van der Waals surface area (Å²) in [5.74, 6) is -1.43. The fraction of sp³-hybridized carbons (Fsp3) is 0.250. The van der Waals surface area contributed by atoms with Crippen molar-refractivity contribution in [1.82, 2.24) is 25.0 Å². The minimum Gasteiger partial charge on any atom is -0.349 e. The highest BCUT2D eigenvalue weighted by atomic mass is 19.1. The highest BCUT2D eigenvalue weighted by molar-refractivity contribution is 6.14. The Morgan fingerprint density at radius 3 is 2.50 bits per heavy atom. The lowest BCUT2D eigenvalue weighted by Gasteiger charge is -2.13. The molecule has 0 atom stereocenters. The third-order valence-corrected chi connectivity index (χ3v) is 6.13. The summed E-state index contributed by atoms with van der Waals surface area (Å²) in [6, 6.07) is 14.7. The Bertz CT molecular complexity index is 1550. The Labute approximate surface area is 219 Å². The van der Waals surface area contributed by atoms with Crippen LogP contribution in [0.5, 0.6) is 0 Å². The van der Waals surface area contributed by atoms with Gasteiger partial charge in [0, 0.05) is 24.5 Å². The summed E-state index contributed by atoms with van der Waals surface area (Å²) in [6.45, 7) is 5.13. The summed E-state index contributed by atoms with van der Waals surface area (Å²) in [5, 5.41) is 19.7. The van der Waals surface area contributed by atoms with Crippen LogP contribution in [0.3, 0.4) is 0 Å². The molecule has 2 heterocycles. The van der Waals surface area contributed by atoms with E-state index < -0.39 is 17.6 Å². The highest BCUT2D eigenvalue weighted by Gasteiger charge is 2.20. The van der Waals surface area contributed by atoms with Crippen molar-refractivity contribution in [1.29, 1.82) is 5.26 Å². The number of hydrogen-bond acceptors (Lipinski definition) is 6.